The highest BCUT2D eigenvalue weighted by Crippen LogP contribution is 2.44. The van der Waals surface area contributed by atoms with E-state index in [0.717, 1.165) is 55.3 Å². The Bertz CT molecular complexity index is 2190. The van der Waals surface area contributed by atoms with Crippen LogP contribution in [0.2, 0.25) is 0 Å². The molecule has 3 N–H and O–H groups in total. The van der Waals surface area contributed by atoms with Crippen molar-refractivity contribution in [3.05, 3.63) is 168 Å². The molecule has 6 aromatic rings. The topological polar surface area (TPSA) is 96.5 Å². The average Bonchev–Trinajstić information content (AvgIpc) is 3.49. The smallest absolute Gasteiger partial charge is 0.407 e. The van der Waals surface area contributed by atoms with Crippen LogP contribution in [0.5, 0.6) is 0 Å². The predicted molar refractivity (Wildman–Crippen MR) is 199 cm³/mol. The van der Waals surface area contributed by atoms with Gasteiger partial charge in [-0.3, -0.25) is 9.59 Å². The molecule has 252 valence electrons. The molecule has 3 atom stereocenters. The molecular weight excluding hydrogens is 635 g/mol. The molecule has 1 saturated heterocycles. The lowest BCUT2D eigenvalue weighted by atomic mass is 9.93. The van der Waals surface area contributed by atoms with Crippen molar-refractivity contribution in [1.29, 1.82) is 0 Å². The average molecular weight is 672 g/mol. The normalized spacial score (nSPS) is 17.2. The molecule has 6 aromatic carbocycles. The van der Waals surface area contributed by atoms with E-state index < -0.39 is 24.2 Å². The zero-order chi connectivity index (χ0) is 34.7. The molecule has 1 fully saturated rings. The quantitative estimate of drug-likeness (QED) is 0.152. The highest BCUT2D eigenvalue weighted by Gasteiger charge is 2.39. The first-order chi connectivity index (χ1) is 25.0. The van der Waals surface area contributed by atoms with Crippen molar-refractivity contribution in [2.45, 2.75) is 36.9 Å². The second kappa shape index (κ2) is 14.0. The van der Waals surface area contributed by atoms with E-state index in [9.17, 15) is 14.4 Å². The summed E-state index contributed by atoms with van der Waals surface area (Å²) in [5, 5.41) is 11.0. The van der Waals surface area contributed by atoms with Gasteiger partial charge in [0.15, 0.2) is 0 Å². The van der Waals surface area contributed by atoms with E-state index in [1.807, 2.05) is 121 Å². The zero-order valence-electron chi connectivity index (χ0n) is 27.9. The molecule has 2 aliphatic rings. The number of amides is 3. The van der Waals surface area contributed by atoms with Gasteiger partial charge in [0.1, 0.15) is 18.7 Å². The standard InChI is InChI=1S/C44H37N3O4/c48-42-40(26-29-20-23-31-12-4-5-13-33(31)24-29)45-43(49)41(47-42)39(25-28-18-21-32(22-19-28)30-10-2-1-3-11-30)46-44(50)51-27-38-36-16-8-6-14-34(36)35-15-7-9-17-37(35)38/h1-24,38-41H,25-27H2,(H,45,49)(H,46,50)(H,47,48)/t39?,40-,41-/m0/s1. The zero-order valence-corrected chi connectivity index (χ0v) is 27.9. The van der Waals surface area contributed by atoms with Crippen LogP contribution in [0.15, 0.2) is 146 Å². The van der Waals surface area contributed by atoms with Gasteiger partial charge >= 0.3 is 6.09 Å². The second-order valence-corrected chi connectivity index (χ2v) is 13.3. The number of hydrogen-bond donors (Lipinski definition) is 3. The van der Waals surface area contributed by atoms with Crippen LogP contribution >= 0.6 is 0 Å². The Labute approximate surface area is 296 Å². The Morgan fingerprint density at radius 1 is 0.627 bits per heavy atom. The van der Waals surface area contributed by atoms with Gasteiger partial charge in [-0.1, -0.05) is 146 Å². The van der Waals surface area contributed by atoms with E-state index in [1.165, 1.54) is 0 Å². The molecule has 0 radical (unpaired) electrons. The maximum atomic E-state index is 13.7. The number of carbonyl (C=O) groups excluding carboxylic acids is 3. The summed E-state index contributed by atoms with van der Waals surface area (Å²) in [5.74, 6) is -0.766. The number of hydrogen-bond acceptors (Lipinski definition) is 4. The van der Waals surface area contributed by atoms with Crippen LogP contribution in [-0.4, -0.2) is 42.6 Å². The maximum Gasteiger partial charge on any atom is 0.407 e. The fraction of sp³-hybridized carbons (Fsp3) is 0.159. The molecule has 1 aliphatic carbocycles. The summed E-state index contributed by atoms with van der Waals surface area (Å²) in [6, 6.07) is 46.0. The molecule has 51 heavy (non-hydrogen) atoms. The number of benzene rings is 6. The first-order valence-corrected chi connectivity index (χ1v) is 17.3. The minimum atomic E-state index is -1.00. The van der Waals surface area contributed by atoms with Gasteiger partial charge in [0.2, 0.25) is 11.8 Å². The summed E-state index contributed by atoms with van der Waals surface area (Å²) in [6.45, 7) is 0.134. The highest BCUT2D eigenvalue weighted by molar-refractivity contribution is 5.98. The van der Waals surface area contributed by atoms with Gasteiger partial charge in [0.25, 0.3) is 0 Å². The van der Waals surface area contributed by atoms with Crippen molar-refractivity contribution in [2.75, 3.05) is 6.61 Å². The molecule has 7 heteroatoms. The summed E-state index contributed by atoms with van der Waals surface area (Å²) in [5.41, 5.74) is 8.49. The number of carbonyl (C=O) groups is 3. The lowest BCUT2D eigenvalue weighted by Gasteiger charge is -2.34. The molecule has 7 nitrogen and oxygen atoms in total. The van der Waals surface area contributed by atoms with Crippen molar-refractivity contribution in [1.82, 2.24) is 16.0 Å². The summed E-state index contributed by atoms with van der Waals surface area (Å²) >= 11 is 0. The molecule has 1 unspecified atom stereocenters. The number of ether oxygens (including phenoxy) is 1. The van der Waals surface area contributed by atoms with Gasteiger partial charge in [0, 0.05) is 12.3 Å². The molecule has 8 rings (SSSR count). The van der Waals surface area contributed by atoms with Crippen LogP contribution in [0.25, 0.3) is 33.0 Å². The van der Waals surface area contributed by atoms with Crippen LogP contribution < -0.4 is 16.0 Å². The van der Waals surface area contributed by atoms with Crippen molar-refractivity contribution in [2.24, 2.45) is 0 Å². The van der Waals surface area contributed by atoms with Gasteiger partial charge in [-0.2, -0.15) is 0 Å². The van der Waals surface area contributed by atoms with Crippen LogP contribution in [0, 0.1) is 0 Å². The number of piperazine rings is 1. The molecule has 1 aliphatic heterocycles. The molecular formula is C44H37N3O4. The molecule has 1 heterocycles. The minimum absolute atomic E-state index is 0.110. The van der Waals surface area contributed by atoms with Crippen molar-refractivity contribution in [3.8, 4) is 22.3 Å². The summed E-state index contributed by atoms with van der Waals surface area (Å²) < 4.78 is 5.88. The minimum Gasteiger partial charge on any atom is -0.449 e. The van der Waals surface area contributed by atoms with E-state index in [-0.39, 0.29) is 24.3 Å². The van der Waals surface area contributed by atoms with Crippen LogP contribution in [0.3, 0.4) is 0 Å². The summed E-state index contributed by atoms with van der Waals surface area (Å²) in [4.78, 5) is 40.8. The number of nitrogens with one attached hydrogen (secondary N) is 3. The van der Waals surface area contributed by atoms with Crippen LogP contribution in [0.4, 0.5) is 4.79 Å². The first-order valence-electron chi connectivity index (χ1n) is 17.3. The van der Waals surface area contributed by atoms with E-state index in [1.54, 1.807) is 0 Å². The Balaban J connectivity index is 0.997. The third kappa shape index (κ3) is 6.71. The molecule has 3 amide bonds. The lowest BCUT2D eigenvalue weighted by Crippen LogP contribution is -2.68. The van der Waals surface area contributed by atoms with Gasteiger partial charge < -0.3 is 20.7 Å². The summed E-state index contributed by atoms with van der Waals surface area (Å²) in [6.07, 6.45) is -0.00355. The summed E-state index contributed by atoms with van der Waals surface area (Å²) in [7, 11) is 0. The van der Waals surface area contributed by atoms with Crippen LogP contribution in [0.1, 0.15) is 28.2 Å². The molecule has 0 bridgehead atoms. The third-order valence-electron chi connectivity index (χ3n) is 10.0. The lowest BCUT2D eigenvalue weighted by molar-refractivity contribution is -0.137. The van der Waals surface area contributed by atoms with Crippen molar-refractivity contribution >= 4 is 28.7 Å². The van der Waals surface area contributed by atoms with E-state index in [2.05, 4.69) is 40.2 Å². The Kier molecular flexibility index (Phi) is 8.76. The number of rotatable bonds is 9. The van der Waals surface area contributed by atoms with Gasteiger partial charge in [-0.25, -0.2) is 4.79 Å². The van der Waals surface area contributed by atoms with E-state index in [0.29, 0.717) is 12.8 Å². The van der Waals surface area contributed by atoms with E-state index in [4.69, 9.17) is 4.74 Å². The van der Waals surface area contributed by atoms with Crippen molar-refractivity contribution in [3.63, 3.8) is 0 Å². The van der Waals surface area contributed by atoms with Crippen molar-refractivity contribution < 1.29 is 19.1 Å². The van der Waals surface area contributed by atoms with Crippen LogP contribution in [-0.2, 0) is 27.2 Å². The second-order valence-electron chi connectivity index (χ2n) is 13.3. The maximum absolute atomic E-state index is 13.7. The Hall–Kier alpha value is -6.21. The fourth-order valence-corrected chi connectivity index (χ4v) is 7.44. The highest BCUT2D eigenvalue weighted by atomic mass is 16.5. The third-order valence-corrected chi connectivity index (χ3v) is 10.0. The first kappa shape index (κ1) is 32.0. The predicted octanol–water partition coefficient (Wildman–Crippen LogP) is 7.18. The van der Waals surface area contributed by atoms with Gasteiger partial charge in [0.05, 0.1) is 6.04 Å². The molecule has 0 aromatic heterocycles. The number of fused-ring (bicyclic) bond motifs is 4. The SMILES string of the molecule is O=C(NC(Cc1ccc(-c2ccccc2)cc1)[C@@H]1NC(=O)[C@H](Cc2ccc3ccccc3c2)NC1=O)OCC1c2ccccc2-c2ccccc21. The largest absolute Gasteiger partial charge is 0.449 e. The van der Waals surface area contributed by atoms with Gasteiger partial charge in [-0.15, -0.1) is 0 Å². The monoisotopic (exact) mass is 671 g/mol. The van der Waals surface area contributed by atoms with Gasteiger partial charge in [-0.05, 0) is 61.7 Å². The molecule has 0 saturated carbocycles. The Morgan fingerprint density at radius 2 is 1.24 bits per heavy atom. The fourth-order valence-electron chi connectivity index (χ4n) is 7.44. The molecule has 0 spiro atoms. The Morgan fingerprint density at radius 3 is 1.96 bits per heavy atom. The number of alkyl carbamates (subject to hydrolysis) is 1. The van der Waals surface area contributed by atoms with E-state index >= 15 is 0 Å².